The van der Waals surface area contributed by atoms with Crippen LogP contribution in [0.15, 0.2) is 24.3 Å². The second-order valence-corrected chi connectivity index (χ2v) is 4.98. The Kier molecular flexibility index (Phi) is 6.88. The van der Waals surface area contributed by atoms with Gasteiger partial charge in [-0.25, -0.2) is 4.79 Å². The van der Waals surface area contributed by atoms with Crippen LogP contribution in [0.2, 0.25) is 0 Å². The molecule has 0 saturated heterocycles. The second-order valence-electron chi connectivity index (χ2n) is 4.98. The van der Waals surface area contributed by atoms with Crippen molar-refractivity contribution in [3.63, 3.8) is 0 Å². The maximum Gasteiger partial charge on any atom is 0.332 e. The number of amides is 1. The van der Waals surface area contributed by atoms with Gasteiger partial charge in [-0.05, 0) is 25.8 Å². The van der Waals surface area contributed by atoms with Gasteiger partial charge in [-0.1, -0.05) is 36.8 Å². The van der Waals surface area contributed by atoms with E-state index in [1.807, 2.05) is 38.1 Å². The highest BCUT2D eigenvalue weighted by molar-refractivity contribution is 6.01. The number of hydrogen-bond acceptors (Lipinski definition) is 4. The fourth-order valence-corrected chi connectivity index (χ4v) is 1.98. The number of nitrogens with two attached hydrogens (primary N) is 1. The largest absolute Gasteiger partial charge is 0.464 e. The summed E-state index contributed by atoms with van der Waals surface area (Å²) in [5.41, 5.74) is 7.86. The first-order valence-electron chi connectivity index (χ1n) is 7.26. The number of carbonyl (C=O) groups is 2. The van der Waals surface area contributed by atoms with Crippen LogP contribution in [0.4, 0.5) is 0 Å². The average molecular weight is 292 g/mol. The molecule has 0 radical (unpaired) electrons. The lowest BCUT2D eigenvalue weighted by atomic mass is 10.1. The molecule has 0 aromatic heterocycles. The summed E-state index contributed by atoms with van der Waals surface area (Å²) in [5.74, 6) is -1.07. The van der Waals surface area contributed by atoms with Crippen LogP contribution in [0.3, 0.4) is 0 Å². The molecule has 1 rings (SSSR count). The summed E-state index contributed by atoms with van der Waals surface area (Å²) in [4.78, 5) is 25.5. The lowest BCUT2D eigenvalue weighted by Crippen LogP contribution is -2.48. The summed E-state index contributed by atoms with van der Waals surface area (Å²) in [5, 5.41) is 0. The first-order chi connectivity index (χ1) is 9.99. The molecule has 0 fully saturated rings. The van der Waals surface area contributed by atoms with E-state index >= 15 is 0 Å². The molecule has 0 heterocycles. The zero-order valence-electron chi connectivity index (χ0n) is 13.0. The van der Waals surface area contributed by atoms with E-state index in [-0.39, 0.29) is 6.61 Å². The molecule has 5 nitrogen and oxygen atoms in total. The highest BCUT2D eigenvalue weighted by Gasteiger charge is 2.27. The van der Waals surface area contributed by atoms with Crippen molar-refractivity contribution in [2.75, 3.05) is 13.2 Å². The van der Waals surface area contributed by atoms with E-state index in [0.717, 1.165) is 17.5 Å². The van der Waals surface area contributed by atoms with Gasteiger partial charge in [-0.15, -0.1) is 0 Å². The molecule has 0 aliphatic rings. The number of nitrogens with zero attached hydrogens (tertiary/aromatic N) is 1. The lowest BCUT2D eigenvalue weighted by molar-refractivity contribution is -0.151. The van der Waals surface area contributed by atoms with E-state index < -0.39 is 17.9 Å². The van der Waals surface area contributed by atoms with Crippen molar-refractivity contribution in [2.24, 2.45) is 5.73 Å². The molecule has 21 heavy (non-hydrogen) atoms. The van der Waals surface area contributed by atoms with Crippen molar-refractivity contribution < 1.29 is 14.3 Å². The third-order valence-corrected chi connectivity index (χ3v) is 3.11. The van der Waals surface area contributed by atoms with Gasteiger partial charge in [0.25, 0.3) is 5.91 Å². The Bertz CT molecular complexity index is 471. The van der Waals surface area contributed by atoms with Gasteiger partial charge in [-0.3, -0.25) is 4.79 Å². The molecule has 1 atom stereocenters. The van der Waals surface area contributed by atoms with Gasteiger partial charge < -0.3 is 15.4 Å². The number of aryl methyl sites for hydroxylation is 1. The predicted molar refractivity (Wildman–Crippen MR) is 81.5 cm³/mol. The molecular formula is C16H24N2O3. The molecule has 1 aromatic rings. The van der Waals surface area contributed by atoms with Gasteiger partial charge in [0.1, 0.15) is 0 Å². The summed E-state index contributed by atoms with van der Waals surface area (Å²) in [7, 11) is 0. The van der Waals surface area contributed by atoms with E-state index in [2.05, 4.69) is 0 Å². The minimum Gasteiger partial charge on any atom is -0.464 e. The Balaban J connectivity index is 2.77. The topological polar surface area (TPSA) is 72.6 Å². The van der Waals surface area contributed by atoms with Crippen LogP contribution in [0.5, 0.6) is 0 Å². The molecule has 1 unspecified atom stereocenters. The number of carbonyl (C=O) groups excluding carboxylic acids is 2. The number of esters is 1. The molecule has 0 aliphatic carbocycles. The Morgan fingerprint density at radius 2 is 1.86 bits per heavy atom. The van der Waals surface area contributed by atoms with E-state index in [1.54, 1.807) is 11.8 Å². The van der Waals surface area contributed by atoms with Crippen LogP contribution >= 0.6 is 0 Å². The maximum absolute atomic E-state index is 12.3. The molecule has 5 heteroatoms. The minimum absolute atomic E-state index is 0.214. The van der Waals surface area contributed by atoms with Crippen LogP contribution in [-0.4, -0.2) is 36.0 Å². The molecule has 0 spiro atoms. The minimum atomic E-state index is -1.25. The van der Waals surface area contributed by atoms with Crippen LogP contribution in [-0.2, 0) is 20.9 Å². The number of ether oxygens (including phenoxy) is 1. The Morgan fingerprint density at radius 1 is 1.24 bits per heavy atom. The van der Waals surface area contributed by atoms with E-state index in [9.17, 15) is 9.59 Å². The molecule has 0 aliphatic heterocycles. The van der Waals surface area contributed by atoms with Crippen molar-refractivity contribution in [3.05, 3.63) is 35.4 Å². The van der Waals surface area contributed by atoms with Crippen molar-refractivity contribution in [1.82, 2.24) is 4.90 Å². The standard InChI is InChI=1S/C16H24N2O3/c1-4-10-18(11-13-8-6-12(3)7-9-13)15(19)14(17)16(20)21-5-2/h6-9,14H,4-5,10-11,17H2,1-3H3. The van der Waals surface area contributed by atoms with Crippen LogP contribution in [0, 0.1) is 6.92 Å². The number of rotatable bonds is 7. The molecular weight excluding hydrogens is 268 g/mol. The third-order valence-electron chi connectivity index (χ3n) is 3.11. The zero-order valence-corrected chi connectivity index (χ0v) is 13.0. The number of benzene rings is 1. The van der Waals surface area contributed by atoms with Gasteiger partial charge in [0.2, 0.25) is 0 Å². The molecule has 2 N–H and O–H groups in total. The summed E-state index contributed by atoms with van der Waals surface area (Å²) in [6, 6.07) is 6.69. The zero-order chi connectivity index (χ0) is 15.8. The highest BCUT2D eigenvalue weighted by atomic mass is 16.5. The molecule has 0 bridgehead atoms. The SMILES string of the molecule is CCCN(Cc1ccc(C)cc1)C(=O)C(N)C(=O)OCC. The molecule has 116 valence electrons. The third kappa shape index (κ3) is 5.19. The molecule has 1 aromatic carbocycles. The summed E-state index contributed by atoms with van der Waals surface area (Å²) >= 11 is 0. The first-order valence-corrected chi connectivity index (χ1v) is 7.26. The normalized spacial score (nSPS) is 11.8. The lowest BCUT2D eigenvalue weighted by Gasteiger charge is -2.24. The average Bonchev–Trinajstić information content (AvgIpc) is 2.47. The monoisotopic (exact) mass is 292 g/mol. The highest BCUT2D eigenvalue weighted by Crippen LogP contribution is 2.09. The summed E-state index contributed by atoms with van der Waals surface area (Å²) in [6.45, 7) is 6.89. The Labute approximate surface area is 126 Å². The second kappa shape index (κ2) is 8.42. The van der Waals surface area contributed by atoms with Gasteiger partial charge in [0, 0.05) is 13.1 Å². The van der Waals surface area contributed by atoms with Crippen molar-refractivity contribution in [3.8, 4) is 0 Å². The van der Waals surface area contributed by atoms with Gasteiger partial charge in [0.05, 0.1) is 6.61 Å². The fourth-order valence-electron chi connectivity index (χ4n) is 1.98. The van der Waals surface area contributed by atoms with Crippen molar-refractivity contribution >= 4 is 11.9 Å². The predicted octanol–water partition coefficient (Wildman–Crippen LogP) is 1.62. The Morgan fingerprint density at radius 3 is 2.38 bits per heavy atom. The molecule has 1 amide bonds. The van der Waals surface area contributed by atoms with Crippen LogP contribution in [0.1, 0.15) is 31.4 Å². The van der Waals surface area contributed by atoms with E-state index in [0.29, 0.717) is 13.1 Å². The van der Waals surface area contributed by atoms with Crippen molar-refractivity contribution in [1.29, 1.82) is 0 Å². The maximum atomic E-state index is 12.3. The Hall–Kier alpha value is -1.88. The van der Waals surface area contributed by atoms with E-state index in [1.165, 1.54) is 0 Å². The van der Waals surface area contributed by atoms with Crippen molar-refractivity contribution in [2.45, 2.75) is 39.8 Å². The smallest absolute Gasteiger partial charge is 0.332 e. The fraction of sp³-hybridized carbons (Fsp3) is 0.500. The van der Waals surface area contributed by atoms with Crippen LogP contribution in [0.25, 0.3) is 0 Å². The first kappa shape index (κ1) is 17.2. The summed E-state index contributed by atoms with van der Waals surface area (Å²) in [6.07, 6.45) is 0.799. The van der Waals surface area contributed by atoms with Gasteiger partial charge >= 0.3 is 5.97 Å². The van der Waals surface area contributed by atoms with E-state index in [4.69, 9.17) is 10.5 Å². The quantitative estimate of drug-likeness (QED) is 0.612. The van der Waals surface area contributed by atoms with Gasteiger partial charge in [0.15, 0.2) is 6.04 Å². The molecule has 0 saturated carbocycles. The van der Waals surface area contributed by atoms with Gasteiger partial charge in [-0.2, -0.15) is 0 Å². The number of hydrogen-bond donors (Lipinski definition) is 1. The van der Waals surface area contributed by atoms with Crippen LogP contribution < -0.4 is 5.73 Å². The summed E-state index contributed by atoms with van der Waals surface area (Å²) < 4.78 is 4.81.